The fraction of sp³-hybridized carbons (Fsp3) is 0.167. The summed E-state index contributed by atoms with van der Waals surface area (Å²) in [5.74, 6) is 0.130. The molecule has 0 aliphatic rings. The van der Waals surface area contributed by atoms with E-state index in [-0.39, 0.29) is 17.5 Å². The van der Waals surface area contributed by atoms with Crippen LogP contribution in [-0.2, 0) is 14.3 Å². The van der Waals surface area contributed by atoms with Gasteiger partial charge in [0, 0.05) is 17.8 Å². The third kappa shape index (κ3) is 2.75. The Kier molecular flexibility index (Phi) is 4.06. The van der Waals surface area contributed by atoms with Gasteiger partial charge in [0.05, 0.1) is 6.61 Å². The van der Waals surface area contributed by atoms with E-state index in [0.29, 0.717) is 0 Å². The maximum atomic E-state index is 11.9. The van der Waals surface area contributed by atoms with Crippen LogP contribution in [0.3, 0.4) is 0 Å². The third-order valence-electron chi connectivity index (χ3n) is 2.32. The van der Waals surface area contributed by atoms with Gasteiger partial charge in [-0.3, -0.25) is 4.18 Å². The van der Waals surface area contributed by atoms with Crippen molar-refractivity contribution in [2.45, 2.75) is 5.03 Å². The molecule has 18 heavy (non-hydrogen) atoms. The first-order valence-electron chi connectivity index (χ1n) is 5.33. The number of rotatable bonds is 5. The molecule has 2 aromatic rings. The van der Waals surface area contributed by atoms with Gasteiger partial charge in [0.1, 0.15) is 0 Å². The van der Waals surface area contributed by atoms with E-state index in [4.69, 9.17) is 15.8 Å². The third-order valence-corrected chi connectivity index (χ3v) is 3.79. The van der Waals surface area contributed by atoms with E-state index in [9.17, 15) is 8.42 Å². The molecule has 4 nitrogen and oxygen atoms in total. The fourth-order valence-electron chi connectivity index (χ4n) is 1.57. The van der Waals surface area contributed by atoms with E-state index < -0.39 is 10.1 Å². The van der Waals surface area contributed by atoms with Crippen molar-refractivity contribution in [3.63, 3.8) is 0 Å². The molecule has 0 radical (unpaired) electrons. The minimum Gasteiger partial charge on any atom is -0.306 e. The van der Waals surface area contributed by atoms with Crippen molar-refractivity contribution >= 4 is 21.7 Å². The normalized spacial score (nSPS) is 11.6. The molecule has 1 aromatic heterocycles. The van der Waals surface area contributed by atoms with Crippen LogP contribution in [0, 0.1) is 0 Å². The highest BCUT2D eigenvalue weighted by Crippen LogP contribution is 2.18. The van der Waals surface area contributed by atoms with Crippen LogP contribution in [0.25, 0.3) is 5.69 Å². The largest absolute Gasteiger partial charge is 0.313 e. The van der Waals surface area contributed by atoms with E-state index in [1.807, 2.05) is 30.3 Å². The smallest absolute Gasteiger partial charge is 0.306 e. The molecule has 1 heterocycles. The van der Waals surface area contributed by atoms with Crippen molar-refractivity contribution in [2.24, 2.45) is 0 Å². The van der Waals surface area contributed by atoms with Gasteiger partial charge in [0.2, 0.25) is 0 Å². The summed E-state index contributed by atoms with van der Waals surface area (Å²) in [4.78, 5) is 0. The molecule has 0 atom stereocenters. The van der Waals surface area contributed by atoms with E-state index in [2.05, 4.69) is 0 Å². The monoisotopic (exact) mass is 285 g/mol. The van der Waals surface area contributed by atoms with E-state index >= 15 is 0 Å². The van der Waals surface area contributed by atoms with Crippen LogP contribution < -0.4 is 0 Å². The zero-order chi connectivity index (χ0) is 13.0. The van der Waals surface area contributed by atoms with Gasteiger partial charge < -0.3 is 4.57 Å². The van der Waals surface area contributed by atoms with Crippen LogP contribution in [0.2, 0.25) is 0 Å². The van der Waals surface area contributed by atoms with E-state index in [1.54, 1.807) is 16.8 Å². The van der Waals surface area contributed by atoms with Crippen molar-refractivity contribution in [1.82, 2.24) is 4.57 Å². The summed E-state index contributed by atoms with van der Waals surface area (Å²) >= 11 is 5.43. The molecule has 0 amide bonds. The molecule has 0 unspecified atom stereocenters. The molecule has 0 N–H and O–H groups in total. The van der Waals surface area contributed by atoms with Gasteiger partial charge in [0.15, 0.2) is 5.03 Å². The van der Waals surface area contributed by atoms with E-state index in [1.165, 1.54) is 6.07 Å². The summed E-state index contributed by atoms with van der Waals surface area (Å²) in [5, 5.41) is 0.0961. The maximum Gasteiger partial charge on any atom is 0.313 e. The highest BCUT2D eigenvalue weighted by Gasteiger charge is 2.19. The number of alkyl halides is 1. The van der Waals surface area contributed by atoms with Gasteiger partial charge in [-0.1, -0.05) is 18.2 Å². The van der Waals surface area contributed by atoms with Gasteiger partial charge in [-0.15, -0.1) is 11.6 Å². The summed E-state index contributed by atoms with van der Waals surface area (Å²) in [6.07, 6.45) is 1.67. The number of aromatic nitrogens is 1. The van der Waals surface area contributed by atoms with Crippen molar-refractivity contribution in [3.8, 4) is 5.69 Å². The lowest BCUT2D eigenvalue weighted by Crippen LogP contribution is -2.12. The van der Waals surface area contributed by atoms with Gasteiger partial charge >= 0.3 is 10.1 Å². The molecule has 1 aromatic carbocycles. The summed E-state index contributed by atoms with van der Waals surface area (Å²) < 4.78 is 30.3. The quantitative estimate of drug-likeness (QED) is 0.626. The first-order valence-corrected chi connectivity index (χ1v) is 7.27. The van der Waals surface area contributed by atoms with Crippen LogP contribution in [0.1, 0.15) is 0 Å². The Morgan fingerprint density at radius 1 is 1.11 bits per heavy atom. The van der Waals surface area contributed by atoms with Crippen molar-refractivity contribution in [1.29, 1.82) is 0 Å². The first kappa shape index (κ1) is 13.1. The maximum absolute atomic E-state index is 11.9. The minimum atomic E-state index is -3.78. The molecule has 0 saturated carbocycles. The SMILES string of the molecule is O=S(=O)(OCCCl)c1cccn1-c1ccccc1. The lowest BCUT2D eigenvalue weighted by molar-refractivity contribution is 0.337. The molecular weight excluding hydrogens is 274 g/mol. The number of benzene rings is 1. The van der Waals surface area contributed by atoms with Crippen molar-refractivity contribution in [3.05, 3.63) is 48.7 Å². The van der Waals surface area contributed by atoms with Crippen LogP contribution in [0.4, 0.5) is 0 Å². The number of hydrogen-bond acceptors (Lipinski definition) is 3. The summed E-state index contributed by atoms with van der Waals surface area (Å²) in [5.41, 5.74) is 0.760. The molecule has 6 heteroatoms. The average molecular weight is 286 g/mol. The Bertz CT molecular complexity index is 607. The summed E-state index contributed by atoms with van der Waals surface area (Å²) in [6.45, 7) is -0.0378. The Balaban J connectivity index is 2.40. The molecule has 0 saturated heterocycles. The molecule has 0 aliphatic heterocycles. The highest BCUT2D eigenvalue weighted by atomic mass is 35.5. The van der Waals surface area contributed by atoms with Gasteiger partial charge in [-0.25, -0.2) is 0 Å². The molecule has 0 spiro atoms. The summed E-state index contributed by atoms with van der Waals surface area (Å²) in [7, 11) is -3.78. The van der Waals surface area contributed by atoms with Crippen molar-refractivity contribution in [2.75, 3.05) is 12.5 Å². The molecular formula is C12H12ClNO3S. The van der Waals surface area contributed by atoms with Crippen LogP contribution in [0.15, 0.2) is 53.7 Å². The molecule has 0 bridgehead atoms. The van der Waals surface area contributed by atoms with Crippen LogP contribution in [-0.4, -0.2) is 25.5 Å². The Labute approximate surface area is 111 Å². The predicted molar refractivity (Wildman–Crippen MR) is 69.6 cm³/mol. The number of para-hydroxylation sites is 1. The topological polar surface area (TPSA) is 48.3 Å². The van der Waals surface area contributed by atoms with Gasteiger partial charge in [0.25, 0.3) is 0 Å². The van der Waals surface area contributed by atoms with Gasteiger partial charge in [-0.05, 0) is 24.3 Å². The standard InChI is InChI=1S/C12H12ClNO3S/c13-8-10-17-18(15,16)12-7-4-9-14(12)11-5-2-1-3-6-11/h1-7,9H,8,10H2. The first-order chi connectivity index (χ1) is 8.65. The molecule has 2 rings (SSSR count). The second kappa shape index (κ2) is 5.56. The fourth-order valence-corrected chi connectivity index (χ4v) is 2.82. The molecule has 0 fully saturated rings. The second-order valence-electron chi connectivity index (χ2n) is 3.52. The van der Waals surface area contributed by atoms with Gasteiger partial charge in [-0.2, -0.15) is 8.42 Å². The lowest BCUT2D eigenvalue weighted by Gasteiger charge is -2.09. The van der Waals surface area contributed by atoms with Crippen LogP contribution >= 0.6 is 11.6 Å². The minimum absolute atomic E-state index is 0.0378. The lowest BCUT2D eigenvalue weighted by atomic mass is 10.3. The van der Waals surface area contributed by atoms with Crippen LogP contribution in [0.5, 0.6) is 0 Å². The summed E-state index contributed by atoms with van der Waals surface area (Å²) in [6, 6.07) is 12.3. The Morgan fingerprint density at radius 2 is 1.83 bits per heavy atom. The number of halogens is 1. The molecule has 96 valence electrons. The van der Waals surface area contributed by atoms with Crippen molar-refractivity contribution < 1.29 is 12.6 Å². The zero-order valence-corrected chi connectivity index (χ0v) is 11.1. The molecule has 0 aliphatic carbocycles. The zero-order valence-electron chi connectivity index (χ0n) is 9.49. The number of hydrogen-bond donors (Lipinski definition) is 0. The average Bonchev–Trinajstić information content (AvgIpc) is 2.87. The predicted octanol–water partition coefficient (Wildman–Crippen LogP) is 2.42. The van der Waals surface area contributed by atoms with E-state index in [0.717, 1.165) is 5.69 Å². The number of nitrogens with zero attached hydrogens (tertiary/aromatic N) is 1. The Hall–Kier alpha value is -1.30. The Morgan fingerprint density at radius 3 is 2.50 bits per heavy atom. The second-order valence-corrected chi connectivity index (χ2v) is 5.46. The highest BCUT2D eigenvalue weighted by molar-refractivity contribution is 7.86.